The summed E-state index contributed by atoms with van der Waals surface area (Å²) in [4.78, 5) is 14.4. The Morgan fingerprint density at radius 1 is 1.37 bits per heavy atom. The van der Waals surface area contributed by atoms with Crippen molar-refractivity contribution in [1.82, 2.24) is 10.2 Å². The SMILES string of the molecule is CCC1NC(C)(CC)C(=O)N1CCCCOC(C)C. The van der Waals surface area contributed by atoms with Crippen LogP contribution in [0.15, 0.2) is 0 Å². The van der Waals surface area contributed by atoms with Gasteiger partial charge >= 0.3 is 0 Å². The number of nitrogens with zero attached hydrogens (tertiary/aromatic N) is 1. The standard InChI is InChI=1S/C15H30N2O2/c1-6-13-16-15(5,7-2)14(18)17(13)10-8-9-11-19-12(3)4/h12-13,16H,6-11H2,1-5H3. The molecule has 1 saturated heterocycles. The Morgan fingerprint density at radius 3 is 2.58 bits per heavy atom. The normalized spacial score (nSPS) is 27.6. The molecule has 4 heteroatoms. The van der Waals surface area contributed by atoms with Gasteiger partial charge < -0.3 is 9.64 Å². The first kappa shape index (κ1) is 16.4. The van der Waals surface area contributed by atoms with Crippen molar-refractivity contribution >= 4 is 5.91 Å². The Kier molecular flexibility index (Phi) is 6.27. The first-order valence-corrected chi connectivity index (χ1v) is 7.65. The van der Waals surface area contributed by atoms with Crippen molar-refractivity contribution in [1.29, 1.82) is 0 Å². The van der Waals surface area contributed by atoms with E-state index >= 15 is 0 Å². The Labute approximate surface area is 117 Å². The quantitative estimate of drug-likeness (QED) is 0.689. The monoisotopic (exact) mass is 270 g/mol. The Morgan fingerprint density at radius 2 is 2.05 bits per heavy atom. The Hall–Kier alpha value is -0.610. The third-order valence-electron chi connectivity index (χ3n) is 3.93. The van der Waals surface area contributed by atoms with E-state index in [-0.39, 0.29) is 17.6 Å². The molecule has 0 bridgehead atoms. The van der Waals surface area contributed by atoms with E-state index in [1.165, 1.54) is 0 Å². The number of nitrogens with one attached hydrogen (secondary N) is 1. The summed E-state index contributed by atoms with van der Waals surface area (Å²) >= 11 is 0. The number of carbonyl (C=O) groups is 1. The van der Waals surface area contributed by atoms with Crippen LogP contribution < -0.4 is 5.32 Å². The van der Waals surface area contributed by atoms with Gasteiger partial charge in [0.15, 0.2) is 0 Å². The van der Waals surface area contributed by atoms with Gasteiger partial charge in [-0.25, -0.2) is 0 Å². The summed E-state index contributed by atoms with van der Waals surface area (Å²) in [7, 11) is 0. The topological polar surface area (TPSA) is 41.6 Å². The summed E-state index contributed by atoms with van der Waals surface area (Å²) in [6, 6.07) is 0. The van der Waals surface area contributed by atoms with Crippen molar-refractivity contribution in [2.45, 2.75) is 78.1 Å². The highest BCUT2D eigenvalue weighted by Crippen LogP contribution is 2.25. The zero-order valence-corrected chi connectivity index (χ0v) is 13.2. The molecule has 1 rings (SSSR count). The third-order valence-corrected chi connectivity index (χ3v) is 3.93. The smallest absolute Gasteiger partial charge is 0.243 e. The van der Waals surface area contributed by atoms with Crippen LogP contribution in [-0.4, -0.2) is 41.8 Å². The van der Waals surface area contributed by atoms with Crippen LogP contribution in [0.3, 0.4) is 0 Å². The van der Waals surface area contributed by atoms with Crippen molar-refractivity contribution in [2.75, 3.05) is 13.2 Å². The van der Waals surface area contributed by atoms with Crippen LogP contribution in [0.4, 0.5) is 0 Å². The van der Waals surface area contributed by atoms with Gasteiger partial charge in [-0.15, -0.1) is 0 Å². The maximum absolute atomic E-state index is 12.4. The minimum absolute atomic E-state index is 0.198. The summed E-state index contributed by atoms with van der Waals surface area (Å²) in [5.41, 5.74) is -0.366. The van der Waals surface area contributed by atoms with E-state index in [4.69, 9.17) is 4.74 Å². The fourth-order valence-corrected chi connectivity index (χ4v) is 2.50. The molecule has 1 N–H and O–H groups in total. The van der Waals surface area contributed by atoms with Crippen molar-refractivity contribution in [3.05, 3.63) is 0 Å². The van der Waals surface area contributed by atoms with Crippen LogP contribution in [0.1, 0.15) is 60.3 Å². The van der Waals surface area contributed by atoms with Crippen molar-refractivity contribution in [3.63, 3.8) is 0 Å². The van der Waals surface area contributed by atoms with Crippen LogP contribution in [0.2, 0.25) is 0 Å². The number of carbonyl (C=O) groups excluding carboxylic acids is 1. The van der Waals surface area contributed by atoms with Crippen molar-refractivity contribution in [2.24, 2.45) is 0 Å². The summed E-state index contributed by atoms with van der Waals surface area (Å²) in [6.07, 6.45) is 4.32. The minimum Gasteiger partial charge on any atom is -0.379 e. The molecule has 0 saturated carbocycles. The van der Waals surface area contributed by atoms with Gasteiger partial charge in [0.05, 0.1) is 17.8 Å². The summed E-state index contributed by atoms with van der Waals surface area (Å²) in [5, 5.41) is 3.47. The Balaban J connectivity index is 2.41. The predicted molar refractivity (Wildman–Crippen MR) is 77.9 cm³/mol. The Bertz CT molecular complexity index is 294. The first-order valence-electron chi connectivity index (χ1n) is 7.65. The third kappa shape index (κ3) is 4.18. The summed E-state index contributed by atoms with van der Waals surface area (Å²) in [5.74, 6) is 0.256. The van der Waals surface area contributed by atoms with E-state index in [1.807, 2.05) is 25.7 Å². The second-order valence-corrected chi connectivity index (χ2v) is 5.88. The molecular formula is C15H30N2O2. The zero-order chi connectivity index (χ0) is 14.5. The maximum Gasteiger partial charge on any atom is 0.243 e. The highest BCUT2D eigenvalue weighted by Gasteiger charge is 2.45. The molecule has 19 heavy (non-hydrogen) atoms. The first-order chi connectivity index (χ1) is 8.94. The van der Waals surface area contributed by atoms with Crippen LogP contribution in [0.5, 0.6) is 0 Å². The molecule has 0 aromatic carbocycles. The predicted octanol–water partition coefficient (Wildman–Crippen LogP) is 2.53. The molecule has 112 valence electrons. The van der Waals surface area contributed by atoms with Crippen LogP contribution in [0, 0.1) is 0 Å². The fourth-order valence-electron chi connectivity index (χ4n) is 2.50. The molecule has 1 fully saturated rings. The zero-order valence-electron chi connectivity index (χ0n) is 13.2. The van der Waals surface area contributed by atoms with Gasteiger partial charge in [-0.05, 0) is 46.5 Å². The molecule has 0 aliphatic carbocycles. The molecule has 2 atom stereocenters. The molecule has 1 heterocycles. The lowest BCUT2D eigenvalue weighted by Crippen LogP contribution is -2.43. The number of ether oxygens (including phenoxy) is 1. The molecule has 0 spiro atoms. The molecular weight excluding hydrogens is 240 g/mol. The highest BCUT2D eigenvalue weighted by atomic mass is 16.5. The number of unbranched alkanes of at least 4 members (excludes halogenated alkanes) is 1. The molecule has 0 radical (unpaired) electrons. The van der Waals surface area contributed by atoms with E-state index in [2.05, 4.69) is 19.2 Å². The van der Waals surface area contributed by atoms with E-state index < -0.39 is 0 Å². The van der Waals surface area contributed by atoms with E-state index in [0.29, 0.717) is 6.10 Å². The molecule has 0 aromatic rings. The minimum atomic E-state index is -0.366. The van der Waals surface area contributed by atoms with Gasteiger partial charge in [-0.2, -0.15) is 0 Å². The summed E-state index contributed by atoms with van der Waals surface area (Å²) in [6.45, 7) is 11.9. The van der Waals surface area contributed by atoms with Gasteiger partial charge in [-0.3, -0.25) is 10.1 Å². The molecule has 1 aliphatic rings. The number of rotatable bonds is 8. The second kappa shape index (κ2) is 7.25. The lowest BCUT2D eigenvalue weighted by Gasteiger charge is -2.23. The molecule has 2 unspecified atom stereocenters. The molecule has 1 amide bonds. The largest absolute Gasteiger partial charge is 0.379 e. The van der Waals surface area contributed by atoms with Gasteiger partial charge in [0.1, 0.15) is 0 Å². The number of amides is 1. The highest BCUT2D eigenvalue weighted by molar-refractivity contribution is 5.88. The average Bonchev–Trinajstić information content (AvgIpc) is 2.62. The second-order valence-electron chi connectivity index (χ2n) is 5.88. The van der Waals surface area contributed by atoms with Crippen LogP contribution in [0.25, 0.3) is 0 Å². The van der Waals surface area contributed by atoms with Crippen LogP contribution >= 0.6 is 0 Å². The van der Waals surface area contributed by atoms with Crippen molar-refractivity contribution in [3.8, 4) is 0 Å². The lowest BCUT2D eigenvalue weighted by atomic mass is 9.99. The van der Waals surface area contributed by atoms with Gasteiger partial charge in [0, 0.05) is 13.2 Å². The van der Waals surface area contributed by atoms with Gasteiger partial charge in [0.25, 0.3) is 0 Å². The molecule has 4 nitrogen and oxygen atoms in total. The van der Waals surface area contributed by atoms with Gasteiger partial charge in [0.2, 0.25) is 5.91 Å². The van der Waals surface area contributed by atoms with Crippen molar-refractivity contribution < 1.29 is 9.53 Å². The van der Waals surface area contributed by atoms with E-state index in [9.17, 15) is 4.79 Å². The number of hydrogen-bond acceptors (Lipinski definition) is 3. The molecule has 1 aliphatic heterocycles. The molecule has 0 aromatic heterocycles. The summed E-state index contributed by atoms with van der Waals surface area (Å²) < 4.78 is 5.53. The van der Waals surface area contributed by atoms with Gasteiger partial charge in [-0.1, -0.05) is 13.8 Å². The van der Waals surface area contributed by atoms with E-state index in [1.54, 1.807) is 0 Å². The van der Waals surface area contributed by atoms with Crippen LogP contribution in [-0.2, 0) is 9.53 Å². The lowest BCUT2D eigenvalue weighted by molar-refractivity contribution is -0.133. The fraction of sp³-hybridized carbons (Fsp3) is 0.933. The van der Waals surface area contributed by atoms with E-state index in [0.717, 1.165) is 38.8 Å². The number of hydrogen-bond donors (Lipinski definition) is 1. The maximum atomic E-state index is 12.4. The average molecular weight is 270 g/mol.